The Kier molecular flexibility index (Phi) is 6.27. The monoisotopic (exact) mass is 363 g/mol. The molecule has 7 heteroatoms. The largest absolute Gasteiger partial charge is 0.479 e. The molecule has 2 rings (SSSR count). The molecule has 0 aliphatic carbocycles. The van der Waals surface area contributed by atoms with Gasteiger partial charge in [-0.1, -0.05) is 12.1 Å². The molecule has 1 N–H and O–H groups in total. The number of carbonyl (C=O) groups is 2. The van der Waals surface area contributed by atoms with E-state index in [0.29, 0.717) is 5.75 Å². The van der Waals surface area contributed by atoms with Gasteiger partial charge in [-0.15, -0.1) is 0 Å². The Morgan fingerprint density at radius 3 is 2.46 bits per heavy atom. The molecule has 5 nitrogen and oxygen atoms in total. The Morgan fingerprint density at radius 2 is 1.77 bits per heavy atom. The van der Waals surface area contributed by atoms with Gasteiger partial charge in [-0.3, -0.25) is 4.79 Å². The predicted molar refractivity (Wildman–Crippen MR) is 91.8 cm³/mol. The summed E-state index contributed by atoms with van der Waals surface area (Å²) in [5, 5.41) is 2.18. The lowest BCUT2D eigenvalue weighted by Gasteiger charge is -2.18. The minimum absolute atomic E-state index is 0.332. The van der Waals surface area contributed by atoms with E-state index in [4.69, 9.17) is 9.47 Å². The van der Waals surface area contributed by atoms with Gasteiger partial charge < -0.3 is 14.8 Å². The maximum Gasteiger partial charge on any atom is 0.347 e. The molecule has 0 radical (unpaired) electrons. The smallest absolute Gasteiger partial charge is 0.347 e. The summed E-state index contributed by atoms with van der Waals surface area (Å²) in [6, 6.07) is 9.77. The van der Waals surface area contributed by atoms with Crippen LogP contribution in [0.3, 0.4) is 0 Å². The maximum atomic E-state index is 13.5. The molecule has 2 aromatic rings. The Balaban J connectivity index is 1.92. The highest BCUT2D eigenvalue weighted by molar-refractivity contribution is 5.95. The predicted octanol–water partition coefficient (Wildman–Crippen LogP) is 3.61. The van der Waals surface area contributed by atoms with Crippen LogP contribution in [0, 0.1) is 18.6 Å². The van der Waals surface area contributed by atoms with Crippen molar-refractivity contribution in [3.8, 4) is 5.75 Å². The van der Waals surface area contributed by atoms with E-state index in [1.807, 2.05) is 13.0 Å². The van der Waals surface area contributed by atoms with Crippen LogP contribution in [0.4, 0.5) is 14.5 Å². The first-order chi connectivity index (χ1) is 12.3. The molecule has 0 saturated heterocycles. The molecule has 0 aromatic heterocycles. The summed E-state index contributed by atoms with van der Waals surface area (Å²) in [7, 11) is 0. The number of aryl methyl sites for hydroxylation is 1. The molecule has 2 atom stereocenters. The molecule has 0 bridgehead atoms. The number of hydrogen-bond acceptors (Lipinski definition) is 4. The Bertz CT molecular complexity index is 810. The summed E-state index contributed by atoms with van der Waals surface area (Å²) >= 11 is 0. The summed E-state index contributed by atoms with van der Waals surface area (Å²) in [4.78, 5) is 24.1. The van der Waals surface area contributed by atoms with E-state index in [-0.39, 0.29) is 5.69 Å². The number of carbonyl (C=O) groups excluding carboxylic acids is 2. The average molecular weight is 363 g/mol. The third-order valence-corrected chi connectivity index (χ3v) is 3.48. The zero-order valence-corrected chi connectivity index (χ0v) is 14.6. The molecule has 138 valence electrons. The first-order valence-electron chi connectivity index (χ1n) is 7.96. The second-order valence-electron chi connectivity index (χ2n) is 5.77. The third-order valence-electron chi connectivity index (χ3n) is 3.48. The first-order valence-corrected chi connectivity index (χ1v) is 7.96. The molecular weight excluding hydrogens is 344 g/mol. The van der Waals surface area contributed by atoms with E-state index in [9.17, 15) is 18.4 Å². The topological polar surface area (TPSA) is 64.6 Å². The fourth-order valence-electron chi connectivity index (χ4n) is 2.09. The Labute approximate surface area is 149 Å². The number of esters is 1. The van der Waals surface area contributed by atoms with Crippen LogP contribution in [0.1, 0.15) is 19.4 Å². The van der Waals surface area contributed by atoms with Crippen molar-refractivity contribution >= 4 is 17.6 Å². The molecule has 2 aromatic carbocycles. The van der Waals surface area contributed by atoms with Gasteiger partial charge >= 0.3 is 5.97 Å². The maximum absolute atomic E-state index is 13.5. The number of anilines is 1. The molecular formula is C19H19F2NO4. The van der Waals surface area contributed by atoms with Crippen molar-refractivity contribution in [2.24, 2.45) is 0 Å². The number of benzene rings is 2. The van der Waals surface area contributed by atoms with Gasteiger partial charge in [-0.05, 0) is 50.6 Å². The first kappa shape index (κ1) is 19.4. The second-order valence-corrected chi connectivity index (χ2v) is 5.77. The van der Waals surface area contributed by atoms with Crippen LogP contribution in [0.5, 0.6) is 5.75 Å². The molecule has 0 unspecified atom stereocenters. The SMILES string of the molecule is Cc1cccc(O[C@H](C)C(=O)O[C@@H](C)C(=O)Nc2cc(F)ccc2F)c1. The standard InChI is InChI=1S/C19H19F2NO4/c1-11-5-4-6-15(9-11)25-13(3)19(24)26-12(2)18(23)22-17-10-14(20)7-8-16(17)21/h4-10,12-13H,1-3H3,(H,22,23)/t12-,13+/m0/s1. The van der Waals surface area contributed by atoms with Gasteiger partial charge in [0.2, 0.25) is 0 Å². The molecule has 0 saturated carbocycles. The lowest BCUT2D eigenvalue weighted by Crippen LogP contribution is -2.35. The quantitative estimate of drug-likeness (QED) is 0.797. The van der Waals surface area contributed by atoms with Gasteiger partial charge in [0.25, 0.3) is 5.91 Å². The van der Waals surface area contributed by atoms with Crippen LogP contribution >= 0.6 is 0 Å². The normalized spacial score (nSPS) is 12.8. The van der Waals surface area contributed by atoms with E-state index >= 15 is 0 Å². The van der Waals surface area contributed by atoms with E-state index < -0.39 is 35.7 Å². The van der Waals surface area contributed by atoms with E-state index in [1.165, 1.54) is 13.8 Å². The average Bonchev–Trinajstić information content (AvgIpc) is 2.58. The fraction of sp³-hybridized carbons (Fsp3) is 0.263. The molecule has 1 amide bonds. The number of halogens is 2. The van der Waals surface area contributed by atoms with Gasteiger partial charge in [0.05, 0.1) is 5.69 Å². The number of nitrogens with one attached hydrogen (secondary N) is 1. The van der Waals surface area contributed by atoms with Crippen LogP contribution in [-0.2, 0) is 14.3 Å². The lowest BCUT2D eigenvalue weighted by atomic mass is 10.2. The molecule has 0 aliphatic heterocycles. The Hall–Kier alpha value is -2.96. The van der Waals surface area contributed by atoms with Crippen molar-refractivity contribution in [2.45, 2.75) is 33.0 Å². The van der Waals surface area contributed by atoms with Crippen molar-refractivity contribution in [2.75, 3.05) is 5.32 Å². The van der Waals surface area contributed by atoms with Gasteiger partial charge in [0, 0.05) is 6.07 Å². The highest BCUT2D eigenvalue weighted by Gasteiger charge is 2.24. The zero-order chi connectivity index (χ0) is 19.3. The van der Waals surface area contributed by atoms with Crippen molar-refractivity contribution in [1.82, 2.24) is 0 Å². The van der Waals surface area contributed by atoms with Crippen molar-refractivity contribution in [3.05, 3.63) is 59.7 Å². The van der Waals surface area contributed by atoms with Crippen LogP contribution in [-0.4, -0.2) is 24.1 Å². The van der Waals surface area contributed by atoms with Gasteiger partial charge in [-0.2, -0.15) is 0 Å². The molecule has 0 spiro atoms. The van der Waals surface area contributed by atoms with Crippen molar-refractivity contribution < 1.29 is 27.8 Å². The van der Waals surface area contributed by atoms with Crippen LogP contribution < -0.4 is 10.1 Å². The summed E-state index contributed by atoms with van der Waals surface area (Å²) in [6.45, 7) is 4.69. The fourth-order valence-corrected chi connectivity index (χ4v) is 2.09. The summed E-state index contributed by atoms with van der Waals surface area (Å²) < 4.78 is 37.2. The van der Waals surface area contributed by atoms with Crippen molar-refractivity contribution in [3.63, 3.8) is 0 Å². The lowest BCUT2D eigenvalue weighted by molar-refractivity contribution is -0.159. The molecule has 0 aliphatic rings. The van der Waals surface area contributed by atoms with Crippen LogP contribution in [0.25, 0.3) is 0 Å². The summed E-state index contributed by atoms with van der Waals surface area (Å²) in [5.41, 5.74) is 0.634. The van der Waals surface area contributed by atoms with E-state index in [1.54, 1.807) is 18.2 Å². The number of ether oxygens (including phenoxy) is 2. The van der Waals surface area contributed by atoms with E-state index in [2.05, 4.69) is 5.32 Å². The van der Waals surface area contributed by atoms with Crippen LogP contribution in [0.2, 0.25) is 0 Å². The number of amides is 1. The van der Waals surface area contributed by atoms with Crippen molar-refractivity contribution in [1.29, 1.82) is 0 Å². The summed E-state index contributed by atoms with van der Waals surface area (Å²) in [6.07, 6.45) is -2.16. The highest BCUT2D eigenvalue weighted by Crippen LogP contribution is 2.17. The zero-order valence-electron chi connectivity index (χ0n) is 14.6. The van der Waals surface area contributed by atoms with Crippen LogP contribution in [0.15, 0.2) is 42.5 Å². The summed E-state index contributed by atoms with van der Waals surface area (Å²) in [5.74, 6) is -2.55. The molecule has 26 heavy (non-hydrogen) atoms. The molecule has 0 fully saturated rings. The molecule has 0 heterocycles. The second kappa shape index (κ2) is 8.42. The van der Waals surface area contributed by atoms with E-state index in [0.717, 1.165) is 23.8 Å². The highest BCUT2D eigenvalue weighted by atomic mass is 19.1. The van der Waals surface area contributed by atoms with Gasteiger partial charge in [-0.25, -0.2) is 13.6 Å². The Morgan fingerprint density at radius 1 is 1.04 bits per heavy atom. The van der Waals surface area contributed by atoms with Gasteiger partial charge in [0.15, 0.2) is 12.2 Å². The number of hydrogen-bond donors (Lipinski definition) is 1. The third kappa shape index (κ3) is 5.27. The minimum atomic E-state index is -1.21. The number of rotatable bonds is 6. The van der Waals surface area contributed by atoms with Gasteiger partial charge in [0.1, 0.15) is 17.4 Å². The minimum Gasteiger partial charge on any atom is -0.479 e.